The summed E-state index contributed by atoms with van der Waals surface area (Å²) in [5, 5.41) is 19.7. The molecule has 0 unspecified atom stereocenters. The predicted molar refractivity (Wildman–Crippen MR) is 116 cm³/mol. The van der Waals surface area contributed by atoms with E-state index in [0.29, 0.717) is 12.0 Å². The van der Waals surface area contributed by atoms with Crippen LogP contribution in [0.1, 0.15) is 25.3 Å². The lowest BCUT2D eigenvalue weighted by Crippen LogP contribution is -2.59. The highest BCUT2D eigenvalue weighted by Crippen LogP contribution is 2.12. The molecule has 4 amide bonds. The zero-order valence-corrected chi connectivity index (χ0v) is 17.8. The number of hydrogen-bond acceptors (Lipinski definition) is 6. The van der Waals surface area contributed by atoms with Gasteiger partial charge in [0.25, 0.3) is 0 Å². The van der Waals surface area contributed by atoms with Crippen LogP contribution in [0.2, 0.25) is 0 Å². The Morgan fingerprint density at radius 2 is 1.66 bits per heavy atom. The van der Waals surface area contributed by atoms with Gasteiger partial charge in [0, 0.05) is 13.0 Å². The quantitative estimate of drug-likeness (QED) is 0.143. The Balaban J connectivity index is 2.22. The Bertz CT molecular complexity index is 868. The predicted octanol–water partition coefficient (Wildman–Crippen LogP) is -2.41. The average Bonchev–Trinajstić information content (AvgIpc) is 2.74. The number of carbonyl (C=O) groups is 4. The largest absolute Gasteiger partial charge is 0.508 e. The highest BCUT2D eigenvalue weighted by molar-refractivity contribution is 5.96. The molecule has 0 saturated carbocycles. The lowest BCUT2D eigenvalue weighted by atomic mass is 10.0. The maximum absolute atomic E-state index is 13.0. The van der Waals surface area contributed by atoms with Gasteiger partial charge in [-0.25, -0.2) is 0 Å². The van der Waals surface area contributed by atoms with Gasteiger partial charge in [0.1, 0.15) is 23.9 Å². The molecule has 0 radical (unpaired) electrons. The van der Waals surface area contributed by atoms with Crippen LogP contribution >= 0.6 is 0 Å². The van der Waals surface area contributed by atoms with Crippen LogP contribution in [0.25, 0.3) is 0 Å². The first kappa shape index (κ1) is 24.4. The number of nitrogens with two attached hydrogens (primary N) is 2. The molecule has 32 heavy (non-hydrogen) atoms. The molecule has 1 heterocycles. The zero-order valence-electron chi connectivity index (χ0n) is 17.8. The van der Waals surface area contributed by atoms with Crippen molar-refractivity contribution >= 4 is 29.6 Å². The molecule has 0 aromatic heterocycles. The van der Waals surface area contributed by atoms with Crippen LogP contribution in [0.15, 0.2) is 29.3 Å². The van der Waals surface area contributed by atoms with Crippen molar-refractivity contribution in [2.24, 2.45) is 16.5 Å². The van der Waals surface area contributed by atoms with Gasteiger partial charge in [-0.3, -0.25) is 24.2 Å². The van der Waals surface area contributed by atoms with E-state index in [-0.39, 0.29) is 37.6 Å². The minimum atomic E-state index is -1.01. The van der Waals surface area contributed by atoms with E-state index >= 15 is 0 Å². The van der Waals surface area contributed by atoms with E-state index in [9.17, 15) is 24.3 Å². The molecule has 1 aliphatic heterocycles. The minimum absolute atomic E-state index is 0.0646. The summed E-state index contributed by atoms with van der Waals surface area (Å²) in [4.78, 5) is 54.0. The molecule has 0 bridgehead atoms. The number of benzene rings is 1. The number of carbonyl (C=O) groups excluding carboxylic acids is 4. The topological polar surface area (TPSA) is 201 Å². The van der Waals surface area contributed by atoms with Crippen molar-refractivity contribution in [1.29, 1.82) is 0 Å². The second kappa shape index (κ2) is 11.5. The molecular formula is C20H29N7O5. The Hall–Kier alpha value is -3.83. The van der Waals surface area contributed by atoms with Gasteiger partial charge < -0.3 is 37.8 Å². The second-order valence-corrected chi connectivity index (χ2v) is 7.45. The number of hydrogen-bond donors (Lipinski definition) is 7. The molecule has 1 saturated heterocycles. The molecule has 1 aliphatic rings. The SMILES string of the molecule is C[C@H]1NC(=O)CNC(=O)[C@H](CCCN=C(N)N)NC(=O)[C@H](Cc2ccc(O)cc2)NC1=O. The molecule has 12 nitrogen and oxygen atoms in total. The van der Waals surface area contributed by atoms with Gasteiger partial charge in [-0.1, -0.05) is 12.1 Å². The summed E-state index contributed by atoms with van der Waals surface area (Å²) >= 11 is 0. The number of amides is 4. The van der Waals surface area contributed by atoms with Gasteiger partial charge in [-0.2, -0.15) is 0 Å². The third-order valence-electron chi connectivity index (χ3n) is 4.78. The van der Waals surface area contributed by atoms with Crippen molar-refractivity contribution in [2.45, 2.75) is 44.3 Å². The molecular weight excluding hydrogens is 418 g/mol. The summed E-state index contributed by atoms with van der Waals surface area (Å²) in [5.41, 5.74) is 11.3. The maximum atomic E-state index is 13.0. The summed E-state index contributed by atoms with van der Waals surface area (Å²) < 4.78 is 0. The van der Waals surface area contributed by atoms with E-state index in [1.807, 2.05) is 0 Å². The van der Waals surface area contributed by atoms with Crippen LogP contribution in [0.3, 0.4) is 0 Å². The van der Waals surface area contributed by atoms with E-state index < -0.39 is 41.8 Å². The Morgan fingerprint density at radius 1 is 1.00 bits per heavy atom. The molecule has 3 atom stereocenters. The summed E-state index contributed by atoms with van der Waals surface area (Å²) in [6.45, 7) is 1.39. The number of phenols is 1. The average molecular weight is 447 g/mol. The van der Waals surface area contributed by atoms with E-state index in [4.69, 9.17) is 11.5 Å². The van der Waals surface area contributed by atoms with E-state index in [1.165, 1.54) is 19.1 Å². The first-order valence-electron chi connectivity index (χ1n) is 10.2. The van der Waals surface area contributed by atoms with Gasteiger partial charge in [-0.05, 0) is 37.5 Å². The lowest BCUT2D eigenvalue weighted by molar-refractivity contribution is -0.135. The Labute approximate surface area is 185 Å². The monoisotopic (exact) mass is 447 g/mol. The number of aromatic hydroxyl groups is 1. The number of guanidine groups is 1. The fraction of sp³-hybridized carbons (Fsp3) is 0.450. The molecule has 1 aromatic carbocycles. The van der Waals surface area contributed by atoms with Crippen molar-refractivity contribution in [3.63, 3.8) is 0 Å². The molecule has 1 fully saturated rings. The Kier molecular flexibility index (Phi) is 8.81. The highest BCUT2D eigenvalue weighted by atomic mass is 16.3. The van der Waals surface area contributed by atoms with E-state index in [1.54, 1.807) is 12.1 Å². The summed E-state index contributed by atoms with van der Waals surface area (Å²) in [6.07, 6.45) is 0.724. The fourth-order valence-electron chi connectivity index (χ4n) is 3.07. The second-order valence-electron chi connectivity index (χ2n) is 7.45. The first-order valence-corrected chi connectivity index (χ1v) is 10.2. The summed E-state index contributed by atoms with van der Waals surface area (Å²) in [6, 6.07) is 3.29. The van der Waals surface area contributed by atoms with Gasteiger partial charge in [-0.15, -0.1) is 0 Å². The fourth-order valence-corrected chi connectivity index (χ4v) is 3.07. The summed E-state index contributed by atoms with van der Waals surface area (Å²) in [7, 11) is 0. The standard InChI is InChI=1S/C20H29N7O5/c1-11-17(30)27-15(9-12-4-6-13(28)7-5-12)19(32)26-14(3-2-8-23-20(21)22)18(31)24-10-16(29)25-11/h4-7,11,14-15,28H,2-3,8-10H2,1H3,(H,24,31)(H,25,29)(H,26,32)(H,27,30)(H4,21,22,23)/t11-,14+,15+/m1/s1. The van der Waals surface area contributed by atoms with E-state index in [2.05, 4.69) is 26.3 Å². The van der Waals surface area contributed by atoms with Crippen LogP contribution in [0.4, 0.5) is 0 Å². The maximum Gasteiger partial charge on any atom is 0.243 e. The van der Waals surface area contributed by atoms with Crippen LogP contribution in [0.5, 0.6) is 5.75 Å². The van der Waals surface area contributed by atoms with Gasteiger partial charge in [0.15, 0.2) is 5.96 Å². The third-order valence-corrected chi connectivity index (χ3v) is 4.78. The lowest BCUT2D eigenvalue weighted by Gasteiger charge is -2.26. The number of phenolic OH excluding ortho intramolecular Hbond substituents is 1. The molecule has 0 spiro atoms. The van der Waals surface area contributed by atoms with Crippen LogP contribution < -0.4 is 32.7 Å². The van der Waals surface area contributed by atoms with Gasteiger partial charge >= 0.3 is 0 Å². The highest BCUT2D eigenvalue weighted by Gasteiger charge is 2.29. The molecule has 174 valence electrons. The normalized spacial score (nSPS) is 22.3. The first-order chi connectivity index (χ1) is 15.2. The van der Waals surface area contributed by atoms with Crippen LogP contribution in [0, 0.1) is 0 Å². The van der Waals surface area contributed by atoms with Crippen molar-refractivity contribution in [3.05, 3.63) is 29.8 Å². The number of nitrogens with zero attached hydrogens (tertiary/aromatic N) is 1. The van der Waals surface area contributed by atoms with Gasteiger partial charge in [0.2, 0.25) is 23.6 Å². The number of rotatable bonds is 6. The van der Waals surface area contributed by atoms with Gasteiger partial charge in [0.05, 0.1) is 6.54 Å². The molecule has 2 rings (SSSR count). The zero-order chi connectivity index (χ0) is 23.7. The number of nitrogens with one attached hydrogen (secondary N) is 4. The smallest absolute Gasteiger partial charge is 0.243 e. The Morgan fingerprint density at radius 3 is 2.31 bits per heavy atom. The van der Waals surface area contributed by atoms with Crippen LogP contribution in [-0.2, 0) is 25.6 Å². The van der Waals surface area contributed by atoms with Crippen molar-refractivity contribution in [2.75, 3.05) is 13.1 Å². The van der Waals surface area contributed by atoms with Crippen molar-refractivity contribution in [3.8, 4) is 5.75 Å². The van der Waals surface area contributed by atoms with E-state index in [0.717, 1.165) is 0 Å². The molecule has 9 N–H and O–H groups in total. The third kappa shape index (κ3) is 7.78. The minimum Gasteiger partial charge on any atom is -0.508 e. The summed E-state index contributed by atoms with van der Waals surface area (Å²) in [5.74, 6) is -2.21. The molecule has 1 aromatic rings. The van der Waals surface area contributed by atoms with Crippen molar-refractivity contribution < 1.29 is 24.3 Å². The van der Waals surface area contributed by atoms with Crippen molar-refractivity contribution in [1.82, 2.24) is 21.3 Å². The molecule has 0 aliphatic carbocycles. The number of aliphatic imine (C=N–C) groups is 1. The van der Waals surface area contributed by atoms with Crippen LogP contribution in [-0.4, -0.2) is 65.9 Å². The molecule has 12 heteroatoms.